The quantitative estimate of drug-likeness (QED) is 0.335. The van der Waals surface area contributed by atoms with Gasteiger partial charge in [-0.25, -0.2) is 0 Å². The third kappa shape index (κ3) is 3.54. The maximum Gasteiger partial charge on any atom is 0.295 e. The van der Waals surface area contributed by atoms with Crippen molar-refractivity contribution in [3.8, 4) is 5.75 Å². The molecule has 1 aromatic heterocycles. The fraction of sp³-hybridized carbons (Fsp3) is 0.364. The SMILES string of the molecule is CCCCCN1C(=O)C(=O)/C(=C(\O)c2ccc(OC)c(C)c2)C1c1ccco1. The highest BCUT2D eigenvalue weighted by Crippen LogP contribution is 2.40. The number of aliphatic hydroxyl groups is 1. The molecule has 1 aliphatic heterocycles. The summed E-state index contributed by atoms with van der Waals surface area (Å²) in [4.78, 5) is 27.0. The average Bonchev–Trinajstić information content (AvgIpc) is 3.30. The lowest BCUT2D eigenvalue weighted by atomic mass is 9.98. The van der Waals surface area contributed by atoms with Crippen molar-refractivity contribution in [2.45, 2.75) is 39.2 Å². The molecule has 0 radical (unpaired) electrons. The van der Waals surface area contributed by atoms with E-state index in [1.807, 2.05) is 6.92 Å². The van der Waals surface area contributed by atoms with Gasteiger partial charge in [0.25, 0.3) is 11.7 Å². The van der Waals surface area contributed by atoms with Crippen molar-refractivity contribution >= 4 is 17.4 Å². The first-order valence-electron chi connectivity index (χ1n) is 9.46. The lowest BCUT2D eigenvalue weighted by molar-refractivity contribution is -0.140. The molecule has 3 rings (SSSR count). The minimum atomic E-state index is -0.728. The normalized spacial score (nSPS) is 18.7. The van der Waals surface area contributed by atoms with Crippen molar-refractivity contribution in [1.29, 1.82) is 0 Å². The molecule has 148 valence electrons. The Morgan fingerprint density at radius 1 is 1.25 bits per heavy atom. The van der Waals surface area contributed by atoms with Crippen LogP contribution in [0.25, 0.3) is 5.76 Å². The van der Waals surface area contributed by atoms with Gasteiger partial charge < -0.3 is 19.2 Å². The first kappa shape index (κ1) is 19.7. The molecule has 1 aromatic carbocycles. The first-order chi connectivity index (χ1) is 13.5. The molecule has 2 heterocycles. The Bertz CT molecular complexity index is 898. The van der Waals surface area contributed by atoms with Crippen molar-refractivity contribution in [3.05, 3.63) is 59.1 Å². The van der Waals surface area contributed by atoms with Gasteiger partial charge in [0, 0.05) is 12.1 Å². The zero-order chi connectivity index (χ0) is 20.3. The van der Waals surface area contributed by atoms with Crippen LogP contribution in [0.3, 0.4) is 0 Å². The van der Waals surface area contributed by atoms with Crippen LogP contribution in [0.15, 0.2) is 46.6 Å². The summed E-state index contributed by atoms with van der Waals surface area (Å²) in [6.07, 6.45) is 4.23. The van der Waals surface area contributed by atoms with Gasteiger partial charge in [-0.3, -0.25) is 9.59 Å². The van der Waals surface area contributed by atoms with Crippen molar-refractivity contribution < 1.29 is 23.8 Å². The van der Waals surface area contributed by atoms with Gasteiger partial charge in [0.1, 0.15) is 23.3 Å². The summed E-state index contributed by atoms with van der Waals surface area (Å²) >= 11 is 0. The summed E-state index contributed by atoms with van der Waals surface area (Å²) in [6.45, 7) is 4.36. The van der Waals surface area contributed by atoms with Gasteiger partial charge >= 0.3 is 0 Å². The van der Waals surface area contributed by atoms with Gasteiger partial charge in [0.2, 0.25) is 0 Å². The van der Waals surface area contributed by atoms with E-state index in [9.17, 15) is 14.7 Å². The summed E-state index contributed by atoms with van der Waals surface area (Å²) < 4.78 is 10.8. The Morgan fingerprint density at radius 3 is 2.64 bits per heavy atom. The molecule has 28 heavy (non-hydrogen) atoms. The largest absolute Gasteiger partial charge is 0.507 e. The molecule has 0 aliphatic carbocycles. The van der Waals surface area contributed by atoms with Crippen LogP contribution in [-0.2, 0) is 9.59 Å². The standard InChI is InChI=1S/C22H25NO5/c1-4-5-6-11-23-19(17-8-7-12-28-17)18(21(25)22(23)26)20(24)15-9-10-16(27-3)14(2)13-15/h7-10,12-13,19,24H,4-6,11H2,1-3H3/b20-18-. The number of amides is 1. The molecule has 2 aromatic rings. The summed E-state index contributed by atoms with van der Waals surface area (Å²) in [5.41, 5.74) is 1.33. The number of aryl methyl sites for hydroxylation is 1. The summed E-state index contributed by atoms with van der Waals surface area (Å²) in [6, 6.07) is 7.83. The predicted octanol–water partition coefficient (Wildman–Crippen LogP) is 4.21. The molecule has 1 saturated heterocycles. The monoisotopic (exact) mass is 383 g/mol. The molecule has 0 spiro atoms. The summed E-state index contributed by atoms with van der Waals surface area (Å²) in [5.74, 6) is -0.363. The number of methoxy groups -OCH3 is 1. The zero-order valence-electron chi connectivity index (χ0n) is 16.4. The number of Topliss-reactive ketones (excluding diaryl/α,β-unsaturated/α-hetero) is 1. The highest BCUT2D eigenvalue weighted by Gasteiger charge is 2.47. The van der Waals surface area contributed by atoms with Crippen molar-refractivity contribution in [1.82, 2.24) is 4.90 Å². The Morgan fingerprint density at radius 2 is 2.04 bits per heavy atom. The van der Waals surface area contributed by atoms with E-state index < -0.39 is 17.7 Å². The number of rotatable bonds is 7. The maximum atomic E-state index is 12.8. The Labute approximate surface area is 164 Å². The molecule has 6 nitrogen and oxygen atoms in total. The number of unbranched alkanes of at least 4 members (excludes halogenated alkanes) is 2. The van der Waals surface area contributed by atoms with Crippen LogP contribution in [-0.4, -0.2) is 35.4 Å². The molecule has 1 N–H and O–H groups in total. The molecular formula is C22H25NO5. The molecule has 1 fully saturated rings. The van der Waals surface area contributed by atoms with Crippen LogP contribution in [0.4, 0.5) is 0 Å². The van der Waals surface area contributed by atoms with E-state index in [0.29, 0.717) is 23.6 Å². The van der Waals surface area contributed by atoms with Crippen LogP contribution < -0.4 is 4.74 Å². The van der Waals surface area contributed by atoms with E-state index in [1.54, 1.807) is 37.4 Å². The second-order valence-corrected chi connectivity index (χ2v) is 6.90. The van der Waals surface area contributed by atoms with Gasteiger partial charge in [0.15, 0.2) is 0 Å². The lowest BCUT2D eigenvalue weighted by Gasteiger charge is -2.23. The number of ether oxygens (including phenoxy) is 1. The van der Waals surface area contributed by atoms with Crippen LogP contribution in [0.5, 0.6) is 5.75 Å². The second kappa shape index (κ2) is 8.33. The number of likely N-dealkylation sites (tertiary alicyclic amines) is 1. The fourth-order valence-corrected chi connectivity index (χ4v) is 3.57. The van der Waals surface area contributed by atoms with E-state index in [4.69, 9.17) is 9.15 Å². The molecular weight excluding hydrogens is 358 g/mol. The molecule has 0 bridgehead atoms. The smallest absolute Gasteiger partial charge is 0.295 e. The molecule has 1 atom stereocenters. The first-order valence-corrected chi connectivity index (χ1v) is 9.46. The van der Waals surface area contributed by atoms with Crippen molar-refractivity contribution in [2.75, 3.05) is 13.7 Å². The Kier molecular flexibility index (Phi) is 5.87. The summed E-state index contributed by atoms with van der Waals surface area (Å²) in [5, 5.41) is 11.0. The van der Waals surface area contributed by atoms with Gasteiger partial charge in [-0.2, -0.15) is 0 Å². The minimum absolute atomic E-state index is 0.0565. The Hall–Kier alpha value is -3.02. The Balaban J connectivity index is 2.08. The molecule has 0 saturated carbocycles. The lowest BCUT2D eigenvalue weighted by Crippen LogP contribution is -2.30. The van der Waals surface area contributed by atoms with Gasteiger partial charge in [0.05, 0.1) is 18.9 Å². The van der Waals surface area contributed by atoms with Crippen LogP contribution in [0, 0.1) is 6.92 Å². The van der Waals surface area contributed by atoms with Crippen LogP contribution in [0.1, 0.15) is 49.1 Å². The zero-order valence-corrected chi connectivity index (χ0v) is 16.4. The number of carbonyl (C=O) groups excluding carboxylic acids is 2. The highest BCUT2D eigenvalue weighted by atomic mass is 16.5. The number of carbonyl (C=O) groups is 2. The molecule has 1 unspecified atom stereocenters. The highest BCUT2D eigenvalue weighted by molar-refractivity contribution is 6.46. The molecule has 1 amide bonds. The van der Waals surface area contributed by atoms with E-state index in [0.717, 1.165) is 24.8 Å². The fourth-order valence-electron chi connectivity index (χ4n) is 3.57. The number of hydrogen-bond acceptors (Lipinski definition) is 5. The van der Waals surface area contributed by atoms with Gasteiger partial charge in [-0.05, 0) is 49.2 Å². The van der Waals surface area contributed by atoms with Gasteiger partial charge in [-0.1, -0.05) is 19.8 Å². The van der Waals surface area contributed by atoms with Crippen LogP contribution >= 0.6 is 0 Å². The summed E-state index contributed by atoms with van der Waals surface area (Å²) in [7, 11) is 1.57. The third-order valence-corrected chi connectivity index (χ3v) is 5.02. The maximum absolute atomic E-state index is 12.8. The third-order valence-electron chi connectivity index (χ3n) is 5.02. The number of hydrogen-bond donors (Lipinski definition) is 1. The van der Waals surface area contributed by atoms with Crippen LogP contribution in [0.2, 0.25) is 0 Å². The van der Waals surface area contributed by atoms with E-state index in [-0.39, 0.29) is 11.3 Å². The van der Waals surface area contributed by atoms with E-state index >= 15 is 0 Å². The van der Waals surface area contributed by atoms with Gasteiger partial charge in [-0.15, -0.1) is 0 Å². The number of aliphatic hydroxyl groups excluding tert-OH is 1. The van der Waals surface area contributed by atoms with Crippen molar-refractivity contribution in [2.24, 2.45) is 0 Å². The predicted molar refractivity (Wildman–Crippen MR) is 105 cm³/mol. The molecule has 6 heteroatoms. The average molecular weight is 383 g/mol. The van der Waals surface area contributed by atoms with E-state index in [2.05, 4.69) is 6.92 Å². The number of benzene rings is 1. The topological polar surface area (TPSA) is 80.0 Å². The molecule has 1 aliphatic rings. The number of furan rings is 1. The van der Waals surface area contributed by atoms with Crippen molar-refractivity contribution in [3.63, 3.8) is 0 Å². The van der Waals surface area contributed by atoms with E-state index in [1.165, 1.54) is 11.2 Å². The second-order valence-electron chi connectivity index (χ2n) is 6.90. The minimum Gasteiger partial charge on any atom is -0.507 e. The number of ketones is 1. The number of nitrogens with zero attached hydrogens (tertiary/aromatic N) is 1.